The summed E-state index contributed by atoms with van der Waals surface area (Å²) >= 11 is 7.15. The van der Waals surface area contributed by atoms with Crippen LogP contribution in [-0.2, 0) is 17.6 Å². The van der Waals surface area contributed by atoms with E-state index >= 15 is 0 Å². The molecule has 0 spiro atoms. The SMILES string of the molecule is C=C(Cl)CNC(=O)CSc1ccc2c(c1)CCC2. The summed E-state index contributed by atoms with van der Waals surface area (Å²) in [4.78, 5) is 12.7. The Morgan fingerprint density at radius 1 is 1.39 bits per heavy atom. The Hall–Kier alpha value is -0.930. The average molecular weight is 282 g/mol. The molecule has 0 aromatic heterocycles. The van der Waals surface area contributed by atoms with E-state index in [1.54, 1.807) is 11.8 Å². The van der Waals surface area contributed by atoms with E-state index in [0.29, 0.717) is 17.3 Å². The highest BCUT2D eigenvalue weighted by Crippen LogP contribution is 2.27. The maximum atomic E-state index is 11.5. The number of fused-ring (bicyclic) bond motifs is 1. The molecule has 0 radical (unpaired) electrons. The number of carbonyl (C=O) groups excluding carboxylic acids is 1. The van der Waals surface area contributed by atoms with Crippen LogP contribution in [0.5, 0.6) is 0 Å². The molecule has 96 valence electrons. The molecule has 1 amide bonds. The lowest BCUT2D eigenvalue weighted by atomic mass is 10.1. The number of hydrogen-bond acceptors (Lipinski definition) is 2. The molecule has 4 heteroatoms. The maximum Gasteiger partial charge on any atom is 0.230 e. The zero-order chi connectivity index (χ0) is 13.0. The maximum absolute atomic E-state index is 11.5. The molecular formula is C14H16ClNOS. The molecule has 0 saturated carbocycles. The lowest BCUT2D eigenvalue weighted by molar-refractivity contribution is -0.118. The first kappa shape index (κ1) is 13.5. The first-order valence-electron chi connectivity index (χ1n) is 6.00. The lowest BCUT2D eigenvalue weighted by Crippen LogP contribution is -2.26. The van der Waals surface area contributed by atoms with Crippen LogP contribution in [0.15, 0.2) is 34.7 Å². The van der Waals surface area contributed by atoms with E-state index in [0.717, 1.165) is 4.90 Å². The summed E-state index contributed by atoms with van der Waals surface area (Å²) in [5.41, 5.74) is 2.90. The second-order valence-corrected chi connectivity index (χ2v) is 5.95. The Morgan fingerprint density at radius 2 is 2.17 bits per heavy atom. The van der Waals surface area contributed by atoms with Gasteiger partial charge in [0.25, 0.3) is 0 Å². The van der Waals surface area contributed by atoms with Gasteiger partial charge in [-0.15, -0.1) is 11.8 Å². The number of amides is 1. The summed E-state index contributed by atoms with van der Waals surface area (Å²) in [6.07, 6.45) is 3.61. The van der Waals surface area contributed by atoms with Gasteiger partial charge in [0.05, 0.1) is 12.3 Å². The summed E-state index contributed by atoms with van der Waals surface area (Å²) in [5.74, 6) is 0.408. The van der Waals surface area contributed by atoms with E-state index in [9.17, 15) is 4.79 Å². The molecule has 1 N–H and O–H groups in total. The molecule has 1 aromatic carbocycles. The van der Waals surface area contributed by atoms with Crippen molar-refractivity contribution in [2.45, 2.75) is 24.2 Å². The Balaban J connectivity index is 1.83. The second-order valence-electron chi connectivity index (χ2n) is 4.37. The molecule has 1 aromatic rings. The quantitative estimate of drug-likeness (QED) is 0.840. The Bertz CT molecular complexity index is 473. The van der Waals surface area contributed by atoms with Crippen molar-refractivity contribution in [3.05, 3.63) is 40.9 Å². The van der Waals surface area contributed by atoms with E-state index in [2.05, 4.69) is 30.1 Å². The van der Waals surface area contributed by atoms with Crippen molar-refractivity contribution in [1.29, 1.82) is 0 Å². The van der Waals surface area contributed by atoms with Crippen molar-refractivity contribution in [3.63, 3.8) is 0 Å². The highest BCUT2D eigenvalue weighted by molar-refractivity contribution is 8.00. The van der Waals surface area contributed by atoms with Gasteiger partial charge in [0.15, 0.2) is 0 Å². The normalized spacial score (nSPS) is 13.2. The number of aryl methyl sites for hydroxylation is 2. The van der Waals surface area contributed by atoms with E-state index in [1.807, 2.05) is 0 Å². The molecule has 1 aliphatic carbocycles. The summed E-state index contributed by atoms with van der Waals surface area (Å²) in [7, 11) is 0. The predicted molar refractivity (Wildman–Crippen MR) is 77.2 cm³/mol. The third-order valence-corrected chi connectivity index (χ3v) is 4.04. The first-order valence-corrected chi connectivity index (χ1v) is 7.36. The predicted octanol–water partition coefficient (Wildman–Crippen LogP) is 3.14. The Kier molecular flexibility index (Phi) is 4.72. The van der Waals surface area contributed by atoms with E-state index < -0.39 is 0 Å². The van der Waals surface area contributed by atoms with Gasteiger partial charge in [-0.3, -0.25) is 4.79 Å². The molecule has 1 aliphatic rings. The summed E-state index contributed by atoms with van der Waals surface area (Å²) < 4.78 is 0. The van der Waals surface area contributed by atoms with Gasteiger partial charge in [0.2, 0.25) is 5.91 Å². The van der Waals surface area contributed by atoms with Crippen molar-refractivity contribution in [2.24, 2.45) is 0 Å². The van der Waals surface area contributed by atoms with Gasteiger partial charge in [-0.25, -0.2) is 0 Å². The van der Waals surface area contributed by atoms with Crippen LogP contribution < -0.4 is 5.32 Å². The molecule has 0 atom stereocenters. The highest BCUT2D eigenvalue weighted by atomic mass is 35.5. The zero-order valence-electron chi connectivity index (χ0n) is 10.2. The number of thioether (sulfide) groups is 1. The third kappa shape index (κ3) is 3.79. The minimum atomic E-state index is -0.0118. The topological polar surface area (TPSA) is 29.1 Å². The van der Waals surface area contributed by atoms with E-state index in [4.69, 9.17) is 11.6 Å². The van der Waals surface area contributed by atoms with E-state index in [-0.39, 0.29) is 5.91 Å². The zero-order valence-corrected chi connectivity index (χ0v) is 11.7. The van der Waals surface area contributed by atoms with Gasteiger partial charge in [-0.05, 0) is 42.5 Å². The fourth-order valence-corrected chi connectivity index (χ4v) is 2.89. The van der Waals surface area contributed by atoms with Crippen LogP contribution in [0.2, 0.25) is 0 Å². The number of halogens is 1. The monoisotopic (exact) mass is 281 g/mol. The van der Waals surface area contributed by atoms with Crippen molar-refractivity contribution < 1.29 is 4.79 Å². The molecule has 0 unspecified atom stereocenters. The highest BCUT2D eigenvalue weighted by Gasteiger charge is 2.11. The minimum Gasteiger partial charge on any atom is -0.350 e. The van der Waals surface area contributed by atoms with Gasteiger partial charge in [0.1, 0.15) is 0 Å². The van der Waals surface area contributed by atoms with Gasteiger partial charge >= 0.3 is 0 Å². The molecular weight excluding hydrogens is 266 g/mol. The molecule has 0 fully saturated rings. The fraction of sp³-hybridized carbons (Fsp3) is 0.357. The van der Waals surface area contributed by atoms with Crippen molar-refractivity contribution in [1.82, 2.24) is 5.32 Å². The Morgan fingerprint density at radius 3 is 2.94 bits per heavy atom. The van der Waals surface area contributed by atoms with Gasteiger partial charge < -0.3 is 5.32 Å². The first-order chi connectivity index (χ1) is 8.65. The summed E-state index contributed by atoms with van der Waals surface area (Å²) in [6, 6.07) is 6.49. The number of rotatable bonds is 5. The Labute approximate surface area is 117 Å². The molecule has 18 heavy (non-hydrogen) atoms. The number of hydrogen-bond donors (Lipinski definition) is 1. The summed E-state index contributed by atoms with van der Waals surface area (Å²) in [5, 5.41) is 3.16. The molecule has 0 saturated heterocycles. The van der Waals surface area contributed by atoms with Gasteiger partial charge in [-0.1, -0.05) is 24.2 Å². The van der Waals surface area contributed by atoms with Crippen LogP contribution in [0, 0.1) is 0 Å². The lowest BCUT2D eigenvalue weighted by Gasteiger charge is -2.05. The largest absolute Gasteiger partial charge is 0.350 e. The van der Waals surface area contributed by atoms with Crippen LogP contribution in [0.4, 0.5) is 0 Å². The van der Waals surface area contributed by atoms with Gasteiger partial charge in [-0.2, -0.15) is 0 Å². The van der Waals surface area contributed by atoms with Crippen molar-refractivity contribution in [2.75, 3.05) is 12.3 Å². The molecule has 2 rings (SSSR count). The standard InChI is InChI=1S/C14H16ClNOS/c1-10(15)8-16-14(17)9-18-13-6-5-11-3-2-4-12(11)7-13/h5-7H,1-4,8-9H2,(H,16,17). The van der Waals surface area contributed by atoms with Crippen LogP contribution in [0.3, 0.4) is 0 Å². The minimum absolute atomic E-state index is 0.0118. The molecule has 0 aliphatic heterocycles. The van der Waals surface area contributed by atoms with Crippen LogP contribution in [-0.4, -0.2) is 18.2 Å². The number of benzene rings is 1. The molecule has 0 bridgehead atoms. The fourth-order valence-electron chi connectivity index (χ4n) is 2.03. The number of nitrogens with one attached hydrogen (secondary N) is 1. The van der Waals surface area contributed by atoms with E-state index in [1.165, 1.54) is 30.4 Å². The molecule has 2 nitrogen and oxygen atoms in total. The number of carbonyl (C=O) groups is 1. The van der Waals surface area contributed by atoms with Gasteiger partial charge in [0, 0.05) is 9.93 Å². The smallest absolute Gasteiger partial charge is 0.230 e. The van der Waals surface area contributed by atoms with Crippen LogP contribution in [0.1, 0.15) is 17.5 Å². The summed E-state index contributed by atoms with van der Waals surface area (Å²) in [6.45, 7) is 3.87. The molecule has 0 heterocycles. The van der Waals surface area contributed by atoms with Crippen molar-refractivity contribution in [3.8, 4) is 0 Å². The van der Waals surface area contributed by atoms with Crippen LogP contribution >= 0.6 is 23.4 Å². The third-order valence-electron chi connectivity index (χ3n) is 2.92. The van der Waals surface area contributed by atoms with Crippen LogP contribution in [0.25, 0.3) is 0 Å². The second kappa shape index (κ2) is 6.30. The average Bonchev–Trinajstić information content (AvgIpc) is 2.81. The van der Waals surface area contributed by atoms with Crippen molar-refractivity contribution >= 4 is 29.3 Å².